The molecule has 0 spiro atoms. The molecule has 0 fully saturated rings. The predicted molar refractivity (Wildman–Crippen MR) is 57.2 cm³/mol. The normalized spacial score (nSPS) is 17.5. The van der Waals surface area contributed by atoms with Crippen LogP contribution in [0.15, 0.2) is 24.5 Å². The molecule has 0 saturated heterocycles. The number of aliphatic hydroxyl groups is 1. The van der Waals surface area contributed by atoms with Crippen LogP contribution in [0.25, 0.3) is 0 Å². The Bertz CT molecular complexity index is 355. The number of hydrogen-bond acceptors (Lipinski definition) is 3. The van der Waals surface area contributed by atoms with E-state index in [9.17, 15) is 18.3 Å². The number of nitrogens with two attached hydrogens (primary N) is 1. The van der Waals surface area contributed by atoms with Crippen molar-refractivity contribution in [2.24, 2.45) is 5.73 Å². The Balaban J connectivity index is 3.01. The molecule has 0 aliphatic heterocycles. The third-order valence-electron chi connectivity index (χ3n) is 2.77. The summed E-state index contributed by atoms with van der Waals surface area (Å²) in [5, 5.41) is 9.80. The zero-order valence-electron chi connectivity index (χ0n) is 9.41. The van der Waals surface area contributed by atoms with Gasteiger partial charge in [0.05, 0.1) is 0 Å². The summed E-state index contributed by atoms with van der Waals surface area (Å²) in [7, 11) is 0. The van der Waals surface area contributed by atoms with E-state index in [0.29, 0.717) is 5.56 Å². The van der Waals surface area contributed by atoms with Gasteiger partial charge in [0.25, 0.3) is 0 Å². The Morgan fingerprint density at radius 2 is 1.88 bits per heavy atom. The number of alkyl halides is 3. The molecule has 0 aliphatic rings. The van der Waals surface area contributed by atoms with Crippen LogP contribution in [-0.4, -0.2) is 27.9 Å². The molecular formula is C11H15F3N2O. The highest BCUT2D eigenvalue weighted by Gasteiger charge is 2.56. The summed E-state index contributed by atoms with van der Waals surface area (Å²) in [6, 6.07) is 1.51. The largest absolute Gasteiger partial charge is 0.419 e. The molecule has 0 saturated carbocycles. The van der Waals surface area contributed by atoms with Crippen molar-refractivity contribution in [2.45, 2.75) is 37.6 Å². The zero-order valence-corrected chi connectivity index (χ0v) is 9.41. The van der Waals surface area contributed by atoms with Gasteiger partial charge in [-0.3, -0.25) is 4.98 Å². The lowest BCUT2D eigenvalue weighted by molar-refractivity contribution is -0.267. The van der Waals surface area contributed by atoms with Gasteiger partial charge in [0.1, 0.15) is 0 Å². The smallest absolute Gasteiger partial charge is 0.379 e. The second kappa shape index (κ2) is 5.01. The second-order valence-electron chi connectivity index (χ2n) is 3.97. The topological polar surface area (TPSA) is 59.1 Å². The van der Waals surface area contributed by atoms with Gasteiger partial charge in [0.2, 0.25) is 0 Å². The molecule has 2 atom stereocenters. The maximum Gasteiger partial charge on any atom is 0.419 e. The fourth-order valence-corrected chi connectivity index (χ4v) is 1.59. The van der Waals surface area contributed by atoms with Crippen molar-refractivity contribution < 1.29 is 18.3 Å². The van der Waals surface area contributed by atoms with E-state index >= 15 is 0 Å². The van der Waals surface area contributed by atoms with E-state index in [4.69, 9.17) is 5.73 Å². The van der Waals surface area contributed by atoms with Crippen molar-refractivity contribution in [1.82, 2.24) is 4.98 Å². The summed E-state index contributed by atoms with van der Waals surface area (Å²) >= 11 is 0. The summed E-state index contributed by atoms with van der Waals surface area (Å²) < 4.78 is 38.6. The first-order valence-electron chi connectivity index (χ1n) is 5.25. The molecule has 1 aromatic rings. The molecule has 17 heavy (non-hydrogen) atoms. The van der Waals surface area contributed by atoms with Gasteiger partial charge in [0, 0.05) is 24.9 Å². The molecule has 6 heteroatoms. The molecule has 3 N–H and O–H groups in total. The maximum atomic E-state index is 12.9. The Hall–Kier alpha value is -1.14. The molecule has 1 aromatic heterocycles. The first kappa shape index (κ1) is 13.9. The van der Waals surface area contributed by atoms with Gasteiger partial charge in [-0.15, -0.1) is 0 Å². The van der Waals surface area contributed by atoms with E-state index in [0.717, 1.165) is 0 Å². The highest BCUT2D eigenvalue weighted by atomic mass is 19.4. The van der Waals surface area contributed by atoms with Crippen LogP contribution in [0.5, 0.6) is 0 Å². The van der Waals surface area contributed by atoms with Gasteiger partial charge in [0.15, 0.2) is 5.60 Å². The van der Waals surface area contributed by atoms with E-state index in [1.807, 2.05) is 0 Å². The first-order chi connectivity index (χ1) is 7.81. The molecule has 0 bridgehead atoms. The minimum Gasteiger partial charge on any atom is -0.379 e. The fourth-order valence-electron chi connectivity index (χ4n) is 1.59. The molecule has 0 radical (unpaired) electrons. The Morgan fingerprint density at radius 3 is 2.29 bits per heavy atom. The van der Waals surface area contributed by atoms with Crippen LogP contribution in [0.1, 0.15) is 18.9 Å². The Morgan fingerprint density at radius 1 is 1.35 bits per heavy atom. The third kappa shape index (κ3) is 2.95. The predicted octanol–water partition coefficient (Wildman–Crippen LogP) is 1.65. The molecular weight excluding hydrogens is 233 g/mol. The molecule has 2 unspecified atom stereocenters. The highest BCUT2D eigenvalue weighted by Crippen LogP contribution is 2.36. The standard InChI is InChI=1S/C11H15F3N2O/c1-2-9(15)10(17,11(12,13)14)7-8-3-5-16-6-4-8/h3-6,9,17H,2,7,15H2,1H3. The molecule has 1 rings (SSSR count). The van der Waals surface area contributed by atoms with Gasteiger partial charge in [-0.2, -0.15) is 13.2 Å². The minimum absolute atomic E-state index is 0.0428. The number of aromatic nitrogens is 1. The van der Waals surface area contributed by atoms with E-state index in [-0.39, 0.29) is 6.42 Å². The van der Waals surface area contributed by atoms with Crippen molar-refractivity contribution in [3.8, 4) is 0 Å². The van der Waals surface area contributed by atoms with Crippen LogP contribution < -0.4 is 5.73 Å². The van der Waals surface area contributed by atoms with Crippen molar-refractivity contribution in [3.63, 3.8) is 0 Å². The highest BCUT2D eigenvalue weighted by molar-refractivity contribution is 5.15. The third-order valence-corrected chi connectivity index (χ3v) is 2.77. The lowest BCUT2D eigenvalue weighted by atomic mass is 9.86. The summed E-state index contributed by atoms with van der Waals surface area (Å²) in [4.78, 5) is 3.71. The average molecular weight is 248 g/mol. The van der Waals surface area contributed by atoms with Gasteiger partial charge in [-0.25, -0.2) is 0 Å². The monoisotopic (exact) mass is 248 g/mol. The Labute approximate surface area is 97.5 Å². The van der Waals surface area contributed by atoms with Crippen molar-refractivity contribution in [1.29, 1.82) is 0 Å². The van der Waals surface area contributed by atoms with Crippen LogP contribution in [0.3, 0.4) is 0 Å². The van der Waals surface area contributed by atoms with Crippen molar-refractivity contribution in [3.05, 3.63) is 30.1 Å². The number of halogens is 3. The summed E-state index contributed by atoms with van der Waals surface area (Å²) in [6.07, 6.45) is -2.52. The van der Waals surface area contributed by atoms with Gasteiger partial charge >= 0.3 is 6.18 Å². The number of pyridine rings is 1. The SMILES string of the molecule is CCC(N)C(O)(Cc1ccncc1)C(F)(F)F. The van der Waals surface area contributed by atoms with Gasteiger partial charge < -0.3 is 10.8 Å². The van der Waals surface area contributed by atoms with Crippen LogP contribution in [0, 0.1) is 0 Å². The van der Waals surface area contributed by atoms with Crippen LogP contribution in [-0.2, 0) is 6.42 Å². The molecule has 96 valence electrons. The molecule has 3 nitrogen and oxygen atoms in total. The second-order valence-corrected chi connectivity index (χ2v) is 3.97. The summed E-state index contributed by atoms with van der Waals surface area (Å²) in [5.41, 5.74) is 2.85. The van der Waals surface area contributed by atoms with Crippen molar-refractivity contribution >= 4 is 0 Å². The summed E-state index contributed by atoms with van der Waals surface area (Å²) in [5.74, 6) is 0. The lowest BCUT2D eigenvalue weighted by Crippen LogP contribution is -2.59. The van der Waals surface area contributed by atoms with Crippen molar-refractivity contribution in [2.75, 3.05) is 0 Å². The molecule has 0 amide bonds. The van der Waals surface area contributed by atoms with Gasteiger partial charge in [-0.1, -0.05) is 6.92 Å². The fraction of sp³-hybridized carbons (Fsp3) is 0.545. The van der Waals surface area contributed by atoms with E-state index in [1.54, 1.807) is 0 Å². The lowest BCUT2D eigenvalue weighted by Gasteiger charge is -2.35. The molecule has 1 heterocycles. The maximum absolute atomic E-state index is 12.9. The summed E-state index contributed by atoms with van der Waals surface area (Å²) in [6.45, 7) is 1.51. The number of nitrogens with zero attached hydrogens (tertiary/aromatic N) is 1. The number of hydrogen-bond donors (Lipinski definition) is 2. The molecule has 0 aromatic carbocycles. The number of rotatable bonds is 4. The first-order valence-corrected chi connectivity index (χ1v) is 5.25. The van der Waals surface area contributed by atoms with E-state index in [1.165, 1.54) is 31.5 Å². The van der Waals surface area contributed by atoms with Crippen LogP contribution >= 0.6 is 0 Å². The Kier molecular flexibility index (Phi) is 4.11. The van der Waals surface area contributed by atoms with Crippen LogP contribution in [0.2, 0.25) is 0 Å². The average Bonchev–Trinajstić information content (AvgIpc) is 2.27. The zero-order chi connectivity index (χ0) is 13.1. The minimum atomic E-state index is -4.76. The quantitative estimate of drug-likeness (QED) is 0.851. The van der Waals surface area contributed by atoms with E-state index < -0.39 is 24.2 Å². The van der Waals surface area contributed by atoms with E-state index in [2.05, 4.69) is 4.98 Å². The molecule has 0 aliphatic carbocycles. The van der Waals surface area contributed by atoms with Crippen LogP contribution in [0.4, 0.5) is 13.2 Å². The van der Waals surface area contributed by atoms with Gasteiger partial charge in [-0.05, 0) is 24.1 Å².